The Kier molecular flexibility index (Phi) is 1.88. The molecule has 6 atom stereocenters. The lowest BCUT2D eigenvalue weighted by atomic mass is 9.55. The molecule has 0 N–H and O–H groups in total. The Labute approximate surface area is 110 Å². The van der Waals surface area contributed by atoms with Gasteiger partial charge < -0.3 is 0 Å². The molecule has 0 aromatic carbocycles. The monoisotopic (exact) mass is 241 g/mol. The van der Waals surface area contributed by atoms with E-state index in [-0.39, 0.29) is 0 Å². The van der Waals surface area contributed by atoms with E-state index >= 15 is 0 Å². The summed E-state index contributed by atoms with van der Waals surface area (Å²) in [5.74, 6) is 4.12. The number of hydrogen-bond donors (Lipinski definition) is 0. The number of hydrogen-bond acceptors (Lipinski definition) is 1. The Morgan fingerprint density at radius 2 is 2.17 bits per heavy atom. The van der Waals surface area contributed by atoms with E-state index in [0.29, 0.717) is 0 Å². The molecule has 2 bridgehead atoms. The molecule has 1 spiro atoms. The number of fused-ring (bicyclic) bond motifs is 1. The second-order valence-electron chi connectivity index (χ2n) is 7.61. The molecule has 1 heteroatoms. The van der Waals surface area contributed by atoms with E-state index in [1.54, 1.807) is 25.7 Å². The highest BCUT2D eigenvalue weighted by Crippen LogP contribution is 2.76. The average Bonchev–Trinajstić information content (AvgIpc) is 3.07. The van der Waals surface area contributed by atoms with Gasteiger partial charge in [-0.2, -0.15) is 0 Å². The van der Waals surface area contributed by atoms with Crippen LogP contribution in [0.15, 0.2) is 24.3 Å². The minimum absolute atomic E-state index is 0.792. The van der Waals surface area contributed by atoms with Crippen molar-refractivity contribution in [1.29, 1.82) is 0 Å². The quantitative estimate of drug-likeness (QED) is 0.717. The van der Waals surface area contributed by atoms with Crippen LogP contribution in [-0.4, -0.2) is 24.0 Å². The van der Waals surface area contributed by atoms with Gasteiger partial charge in [-0.15, -0.1) is 0 Å². The summed E-state index contributed by atoms with van der Waals surface area (Å²) in [6.45, 7) is 2.75. The van der Waals surface area contributed by atoms with Gasteiger partial charge in [0.15, 0.2) is 0 Å². The zero-order chi connectivity index (χ0) is 11.7. The molecule has 3 saturated carbocycles. The van der Waals surface area contributed by atoms with Crippen LogP contribution in [0.5, 0.6) is 0 Å². The highest BCUT2D eigenvalue weighted by Gasteiger charge is 2.72. The third kappa shape index (κ3) is 1.22. The Balaban J connectivity index is 1.34. The Bertz CT molecular complexity index is 437. The van der Waals surface area contributed by atoms with Crippen molar-refractivity contribution in [3.63, 3.8) is 0 Å². The van der Waals surface area contributed by atoms with Gasteiger partial charge in [0.1, 0.15) is 0 Å². The number of nitrogens with zero attached hydrogens (tertiary/aromatic N) is 1. The molecule has 0 amide bonds. The van der Waals surface area contributed by atoms with Gasteiger partial charge in [-0.05, 0) is 61.2 Å². The zero-order valence-corrected chi connectivity index (χ0v) is 11.1. The lowest BCUT2D eigenvalue weighted by Crippen LogP contribution is -2.62. The number of likely N-dealkylation sites (tertiary alicyclic amines) is 1. The highest BCUT2D eigenvalue weighted by molar-refractivity contribution is 5.23. The van der Waals surface area contributed by atoms with Crippen molar-refractivity contribution in [1.82, 2.24) is 4.90 Å². The molecule has 6 unspecified atom stereocenters. The van der Waals surface area contributed by atoms with Crippen LogP contribution in [0.2, 0.25) is 0 Å². The molecule has 0 radical (unpaired) electrons. The van der Waals surface area contributed by atoms with E-state index in [1.807, 2.05) is 0 Å². The van der Waals surface area contributed by atoms with Crippen molar-refractivity contribution < 1.29 is 0 Å². The molecule has 5 rings (SSSR count). The Morgan fingerprint density at radius 1 is 1.17 bits per heavy atom. The van der Waals surface area contributed by atoms with Crippen molar-refractivity contribution in [2.45, 2.75) is 38.1 Å². The van der Waals surface area contributed by atoms with E-state index in [0.717, 1.165) is 35.1 Å². The van der Waals surface area contributed by atoms with Gasteiger partial charge in [0.05, 0.1) is 0 Å². The third-order valence-corrected chi connectivity index (χ3v) is 6.78. The van der Waals surface area contributed by atoms with Gasteiger partial charge in [-0.3, -0.25) is 4.90 Å². The van der Waals surface area contributed by atoms with Crippen LogP contribution in [0.1, 0.15) is 32.1 Å². The molecule has 1 aliphatic heterocycles. The van der Waals surface area contributed by atoms with Crippen molar-refractivity contribution >= 4 is 0 Å². The van der Waals surface area contributed by atoms with Crippen molar-refractivity contribution in [3.05, 3.63) is 24.3 Å². The maximum absolute atomic E-state index is 2.88. The zero-order valence-electron chi connectivity index (χ0n) is 11.1. The van der Waals surface area contributed by atoms with Crippen molar-refractivity contribution in [3.8, 4) is 0 Å². The molecule has 1 nitrogen and oxygen atoms in total. The maximum atomic E-state index is 2.88. The van der Waals surface area contributed by atoms with E-state index in [1.165, 1.54) is 19.5 Å². The molecule has 5 aliphatic rings. The van der Waals surface area contributed by atoms with Crippen LogP contribution in [0.3, 0.4) is 0 Å². The second kappa shape index (κ2) is 3.30. The molecule has 0 aromatic rings. The summed E-state index contributed by atoms with van der Waals surface area (Å²) in [6, 6.07) is 0.978. The smallest absolute Gasteiger partial charge is 0.0135 e. The topological polar surface area (TPSA) is 3.24 Å². The summed E-state index contributed by atoms with van der Waals surface area (Å²) in [7, 11) is 0. The molecular weight excluding hydrogens is 218 g/mol. The SMILES string of the molecule is C1=CCC(CN2CC3CC4CC45CC2C5C3)C=C1. The Hall–Kier alpha value is -0.560. The summed E-state index contributed by atoms with van der Waals surface area (Å²) < 4.78 is 0. The van der Waals surface area contributed by atoms with Gasteiger partial charge in [0, 0.05) is 19.1 Å². The standard InChI is InChI=1S/C17H23N/c1-2-4-12(5-3-1)10-18-11-13-6-14-8-17(14)9-16(18)15(17)7-13/h1-4,12-16H,5-11H2. The first-order valence-electron chi connectivity index (χ1n) is 7.92. The van der Waals surface area contributed by atoms with Crippen LogP contribution in [0, 0.1) is 29.1 Å². The van der Waals surface area contributed by atoms with E-state index in [9.17, 15) is 0 Å². The number of rotatable bonds is 2. The average molecular weight is 241 g/mol. The first-order valence-corrected chi connectivity index (χ1v) is 7.92. The van der Waals surface area contributed by atoms with E-state index in [2.05, 4.69) is 29.2 Å². The molecule has 4 fully saturated rings. The fraction of sp³-hybridized carbons (Fsp3) is 0.765. The fourth-order valence-electron chi connectivity index (χ4n) is 5.86. The molecule has 18 heavy (non-hydrogen) atoms. The third-order valence-electron chi connectivity index (χ3n) is 6.78. The predicted octanol–water partition coefficient (Wildman–Crippen LogP) is 3.24. The largest absolute Gasteiger partial charge is 0.299 e. The molecule has 4 aliphatic carbocycles. The second-order valence-corrected chi connectivity index (χ2v) is 7.61. The summed E-state index contributed by atoms with van der Waals surface area (Å²) in [5.41, 5.74) is 0.891. The molecular formula is C17H23N. The van der Waals surface area contributed by atoms with Crippen LogP contribution in [0.4, 0.5) is 0 Å². The van der Waals surface area contributed by atoms with Gasteiger partial charge in [-0.25, -0.2) is 0 Å². The summed E-state index contributed by atoms with van der Waals surface area (Å²) in [5, 5.41) is 0. The maximum Gasteiger partial charge on any atom is 0.0135 e. The number of piperidine rings is 1. The minimum atomic E-state index is 0.792. The fourth-order valence-corrected chi connectivity index (χ4v) is 5.86. The van der Waals surface area contributed by atoms with Crippen LogP contribution < -0.4 is 0 Å². The lowest BCUT2D eigenvalue weighted by molar-refractivity contribution is -0.106. The minimum Gasteiger partial charge on any atom is -0.299 e. The normalized spacial score (nSPS) is 55.9. The van der Waals surface area contributed by atoms with Gasteiger partial charge in [-0.1, -0.05) is 24.3 Å². The van der Waals surface area contributed by atoms with Gasteiger partial charge in [0.25, 0.3) is 0 Å². The number of allylic oxidation sites excluding steroid dienone is 3. The van der Waals surface area contributed by atoms with Crippen LogP contribution in [-0.2, 0) is 0 Å². The van der Waals surface area contributed by atoms with Crippen molar-refractivity contribution in [2.75, 3.05) is 13.1 Å². The van der Waals surface area contributed by atoms with E-state index < -0.39 is 0 Å². The highest BCUT2D eigenvalue weighted by atomic mass is 15.2. The van der Waals surface area contributed by atoms with Crippen molar-refractivity contribution in [2.24, 2.45) is 29.1 Å². The van der Waals surface area contributed by atoms with Gasteiger partial charge >= 0.3 is 0 Å². The lowest BCUT2D eigenvalue weighted by Gasteiger charge is -2.60. The molecule has 1 heterocycles. The summed E-state index contributed by atoms with van der Waals surface area (Å²) in [6.07, 6.45) is 16.8. The van der Waals surface area contributed by atoms with Crippen LogP contribution >= 0.6 is 0 Å². The first-order chi connectivity index (χ1) is 8.85. The predicted molar refractivity (Wildman–Crippen MR) is 73.1 cm³/mol. The molecule has 1 saturated heterocycles. The van der Waals surface area contributed by atoms with Gasteiger partial charge in [0.2, 0.25) is 0 Å². The molecule has 96 valence electrons. The van der Waals surface area contributed by atoms with Crippen LogP contribution in [0.25, 0.3) is 0 Å². The van der Waals surface area contributed by atoms with E-state index in [4.69, 9.17) is 0 Å². The summed E-state index contributed by atoms with van der Waals surface area (Å²) in [4.78, 5) is 2.88. The first kappa shape index (κ1) is 10.3. The molecule has 0 aromatic heterocycles. The Morgan fingerprint density at radius 3 is 3.06 bits per heavy atom. The summed E-state index contributed by atoms with van der Waals surface area (Å²) >= 11 is 0.